The molecule has 2 aromatic carbocycles. The van der Waals surface area contributed by atoms with Crippen LogP contribution in [0, 0.1) is 32.1 Å². The number of hydrogen-bond donors (Lipinski definition) is 0. The van der Waals surface area contributed by atoms with Gasteiger partial charge in [0.05, 0.1) is 11.4 Å². The highest BCUT2D eigenvalue weighted by Gasteiger charge is 2.10. The van der Waals surface area contributed by atoms with Crippen LogP contribution in [0.3, 0.4) is 0 Å². The Morgan fingerprint density at radius 3 is 2.05 bits per heavy atom. The second kappa shape index (κ2) is 19.9. The first-order valence-electron chi connectivity index (χ1n) is 13.4. The zero-order chi connectivity index (χ0) is 30.7. The van der Waals surface area contributed by atoms with Crippen molar-refractivity contribution in [3.63, 3.8) is 0 Å². The van der Waals surface area contributed by atoms with E-state index in [-0.39, 0.29) is 5.82 Å². The zero-order valence-electron chi connectivity index (χ0n) is 26.1. The Morgan fingerprint density at radius 2 is 1.65 bits per heavy atom. The summed E-state index contributed by atoms with van der Waals surface area (Å²) in [4.78, 5) is 12.2. The van der Waals surface area contributed by atoms with Crippen molar-refractivity contribution < 1.29 is 4.39 Å². The number of benzene rings is 2. The van der Waals surface area contributed by atoms with Gasteiger partial charge in [-0.3, -0.25) is 9.98 Å². The second-order valence-electron chi connectivity index (χ2n) is 9.30. The van der Waals surface area contributed by atoms with Crippen LogP contribution in [0.2, 0.25) is 0 Å². The fourth-order valence-corrected chi connectivity index (χ4v) is 3.85. The van der Waals surface area contributed by atoms with Gasteiger partial charge in [-0.25, -0.2) is 9.38 Å². The molecule has 0 aliphatic carbocycles. The van der Waals surface area contributed by atoms with Gasteiger partial charge < -0.3 is 0 Å². The van der Waals surface area contributed by atoms with Crippen molar-refractivity contribution in [1.82, 2.24) is 0 Å². The number of hydrogen-bond acceptors (Lipinski definition) is 3. The lowest BCUT2D eigenvalue weighted by molar-refractivity contribution is 0.618. The minimum Gasteiger partial charge on any atom is -0.297 e. The molecule has 0 saturated carbocycles. The third kappa shape index (κ3) is 12.6. The predicted octanol–water partition coefficient (Wildman–Crippen LogP) is 9.59. The summed E-state index contributed by atoms with van der Waals surface area (Å²) in [6.45, 7) is 19.9. The highest BCUT2D eigenvalue weighted by atomic mass is 19.1. The fraction of sp³-hybridized carbons (Fsp3) is 0.306. The number of allylic oxidation sites excluding steroid dienone is 7. The van der Waals surface area contributed by atoms with Gasteiger partial charge in [-0.1, -0.05) is 79.6 Å². The molecule has 3 nitrogen and oxygen atoms in total. The van der Waals surface area contributed by atoms with E-state index in [1.54, 1.807) is 33.3 Å². The lowest BCUT2D eigenvalue weighted by Gasteiger charge is -2.11. The molecule has 0 unspecified atom stereocenters. The summed E-state index contributed by atoms with van der Waals surface area (Å²) in [5.74, 6) is -0.213. The maximum absolute atomic E-state index is 13.5. The molecule has 0 aliphatic rings. The third-order valence-electron chi connectivity index (χ3n) is 5.97. The maximum Gasteiger partial charge on any atom is 0.126 e. The molecule has 0 fully saturated rings. The van der Waals surface area contributed by atoms with Gasteiger partial charge in [-0.2, -0.15) is 0 Å². The molecule has 0 saturated heterocycles. The molecule has 0 aromatic heterocycles. The third-order valence-corrected chi connectivity index (χ3v) is 5.97. The van der Waals surface area contributed by atoms with Gasteiger partial charge in [-0.15, -0.1) is 0 Å². The quantitative estimate of drug-likeness (QED) is 0.191. The van der Waals surface area contributed by atoms with Crippen molar-refractivity contribution in [2.24, 2.45) is 15.0 Å². The Bertz CT molecular complexity index is 1320. The number of aliphatic imine (C=N–C) groups is 3. The van der Waals surface area contributed by atoms with Crippen LogP contribution in [0.1, 0.15) is 64.7 Å². The molecule has 0 atom stereocenters. The fourth-order valence-electron chi connectivity index (χ4n) is 3.85. The summed E-state index contributed by atoms with van der Waals surface area (Å²) >= 11 is 0. The first-order chi connectivity index (χ1) is 19.0. The molecule has 0 radical (unpaired) electrons. The molecule has 212 valence electrons. The molecule has 0 spiro atoms. The van der Waals surface area contributed by atoms with E-state index in [1.165, 1.54) is 17.2 Å². The molecule has 2 aromatic rings. The molecular formula is C36H46FN3. The van der Waals surface area contributed by atoms with Crippen molar-refractivity contribution >= 4 is 23.2 Å². The topological polar surface area (TPSA) is 37.1 Å². The largest absolute Gasteiger partial charge is 0.297 e. The van der Waals surface area contributed by atoms with Crippen molar-refractivity contribution in [2.45, 2.75) is 61.8 Å². The summed E-state index contributed by atoms with van der Waals surface area (Å²) in [5, 5.41) is 0. The standard InChI is InChI=1S/C15H16FN.C14H22N2.C7H8/c1-6-17-12(5)15(10(2)3)13-8-7-11(4)14(16)9-13;1-7-13(8-2)12(4)14(16-6)11(3)9-10-15-5;1-7-5-3-2-4-6-7/h1,7-9H,2-5H3;7,9-10H,4,8H2,1-3,5-6H3;2-6H,1H3/b;11-9+,13-7-,15-10?,16-14?;. The summed E-state index contributed by atoms with van der Waals surface area (Å²) in [6.07, 6.45) is 12.0. The Labute approximate surface area is 242 Å². The average molecular weight is 540 g/mol. The first-order valence-corrected chi connectivity index (χ1v) is 13.4. The Hall–Kier alpha value is -4.10. The highest BCUT2D eigenvalue weighted by molar-refractivity contribution is 6.23. The van der Waals surface area contributed by atoms with Crippen molar-refractivity contribution in [3.05, 3.63) is 112 Å². The predicted molar refractivity (Wildman–Crippen MR) is 177 cm³/mol. The summed E-state index contributed by atoms with van der Waals surface area (Å²) in [5.41, 5.74) is 9.75. The summed E-state index contributed by atoms with van der Waals surface area (Å²) in [6, 6.07) is 17.7. The monoisotopic (exact) mass is 539 g/mol. The Kier molecular flexibility index (Phi) is 17.9. The average Bonchev–Trinajstić information content (AvgIpc) is 2.92. The lowest BCUT2D eigenvalue weighted by Crippen LogP contribution is -2.06. The number of rotatable bonds is 7. The number of aryl methyl sites for hydroxylation is 2. The van der Waals surface area contributed by atoms with Crippen LogP contribution in [0.4, 0.5) is 4.39 Å². The van der Waals surface area contributed by atoms with Gasteiger partial charge >= 0.3 is 0 Å². The molecule has 2 rings (SSSR count). The Morgan fingerprint density at radius 1 is 1.02 bits per heavy atom. The van der Waals surface area contributed by atoms with Gasteiger partial charge in [0.15, 0.2) is 0 Å². The van der Waals surface area contributed by atoms with Gasteiger partial charge in [0.2, 0.25) is 0 Å². The number of terminal acetylenes is 1. The maximum atomic E-state index is 13.5. The molecule has 0 aliphatic heterocycles. The van der Waals surface area contributed by atoms with E-state index >= 15 is 0 Å². The Balaban J connectivity index is 0.000000615. The van der Waals surface area contributed by atoms with E-state index in [0.29, 0.717) is 5.56 Å². The van der Waals surface area contributed by atoms with Crippen LogP contribution in [0.15, 0.2) is 105 Å². The SMILES string of the molecule is C#CN=C(C)C(=C(C)C)c1ccc(C)c(F)c1.C=C(C(=NC)/C(C)=C/C=NC)/C(=C\C)CC.Cc1ccccc1. The van der Waals surface area contributed by atoms with Gasteiger partial charge in [0, 0.05) is 31.9 Å². The van der Waals surface area contributed by atoms with Crippen molar-refractivity contribution in [2.75, 3.05) is 14.1 Å². The first kappa shape index (κ1) is 35.9. The minimum absolute atomic E-state index is 0.213. The van der Waals surface area contributed by atoms with Gasteiger partial charge in [0.1, 0.15) is 5.82 Å². The van der Waals surface area contributed by atoms with E-state index in [1.807, 2.05) is 65.0 Å². The summed E-state index contributed by atoms with van der Waals surface area (Å²) in [7, 11) is 3.55. The van der Waals surface area contributed by atoms with Crippen LogP contribution in [0.5, 0.6) is 0 Å². The molecule has 0 amide bonds. The van der Waals surface area contributed by atoms with Crippen LogP contribution < -0.4 is 0 Å². The number of nitrogens with zero attached hydrogens (tertiary/aromatic N) is 3. The zero-order valence-corrected chi connectivity index (χ0v) is 26.1. The van der Waals surface area contributed by atoms with Crippen molar-refractivity contribution in [3.8, 4) is 12.5 Å². The van der Waals surface area contributed by atoms with Crippen LogP contribution in [-0.2, 0) is 0 Å². The normalized spacial score (nSPS) is 12.1. The minimum atomic E-state index is -0.213. The molecule has 4 heteroatoms. The number of halogens is 1. The van der Waals surface area contributed by atoms with Crippen LogP contribution >= 0.6 is 0 Å². The van der Waals surface area contributed by atoms with Crippen LogP contribution in [0.25, 0.3) is 5.57 Å². The smallest absolute Gasteiger partial charge is 0.126 e. The highest BCUT2D eigenvalue weighted by Crippen LogP contribution is 2.23. The second-order valence-corrected chi connectivity index (χ2v) is 9.30. The van der Waals surface area contributed by atoms with Gasteiger partial charge in [0.25, 0.3) is 0 Å². The molecular weight excluding hydrogens is 493 g/mol. The van der Waals surface area contributed by atoms with Gasteiger partial charge in [-0.05, 0) is 94.9 Å². The van der Waals surface area contributed by atoms with Crippen molar-refractivity contribution in [1.29, 1.82) is 0 Å². The molecule has 0 N–H and O–H groups in total. The van der Waals surface area contributed by atoms with Crippen LogP contribution in [-0.4, -0.2) is 31.7 Å². The molecule has 0 heterocycles. The van der Waals surface area contributed by atoms with E-state index in [4.69, 9.17) is 6.42 Å². The summed E-state index contributed by atoms with van der Waals surface area (Å²) < 4.78 is 13.5. The van der Waals surface area contributed by atoms with E-state index in [9.17, 15) is 4.39 Å². The molecule has 0 bridgehead atoms. The van der Waals surface area contributed by atoms with E-state index in [2.05, 4.69) is 59.7 Å². The molecule has 40 heavy (non-hydrogen) atoms. The van der Waals surface area contributed by atoms with E-state index in [0.717, 1.165) is 45.7 Å². The lowest BCUT2D eigenvalue weighted by atomic mass is 9.96. The van der Waals surface area contributed by atoms with E-state index < -0.39 is 0 Å².